The van der Waals surface area contributed by atoms with Crippen LogP contribution in [0.25, 0.3) is 0 Å². The van der Waals surface area contributed by atoms with Crippen LogP contribution in [0.5, 0.6) is 0 Å². The Hall–Kier alpha value is -2.41. The Morgan fingerprint density at radius 2 is 1.88 bits per heavy atom. The number of hydrogen-bond acceptors (Lipinski definition) is 2. The summed E-state index contributed by atoms with van der Waals surface area (Å²) in [5.74, 6) is -4.55. The Kier molecular flexibility index (Phi) is 6.74. The molecule has 0 aromatic heterocycles. The number of aryl methyl sites for hydroxylation is 1. The second-order valence-electron chi connectivity index (χ2n) is 5.72. The third kappa shape index (κ3) is 5.29. The lowest BCUT2D eigenvalue weighted by atomic mass is 10.1. The maximum atomic E-state index is 12.8. The first-order chi connectivity index (χ1) is 12.3. The van der Waals surface area contributed by atoms with Gasteiger partial charge in [0.05, 0.1) is 6.61 Å². The summed E-state index contributed by atoms with van der Waals surface area (Å²) in [4.78, 5) is 12.4. The van der Waals surface area contributed by atoms with Crippen molar-refractivity contribution < 1.29 is 27.1 Å². The van der Waals surface area contributed by atoms with Gasteiger partial charge >= 0.3 is 12.3 Å². The van der Waals surface area contributed by atoms with E-state index in [4.69, 9.17) is 0 Å². The van der Waals surface area contributed by atoms with E-state index in [1.165, 1.54) is 6.07 Å². The Morgan fingerprint density at radius 3 is 2.58 bits per heavy atom. The fourth-order valence-electron chi connectivity index (χ4n) is 2.32. The number of halogens is 4. The maximum absolute atomic E-state index is 12.8. The van der Waals surface area contributed by atoms with Crippen LogP contribution >= 0.6 is 0 Å². The molecule has 1 N–H and O–H groups in total. The highest BCUT2D eigenvalue weighted by Crippen LogP contribution is 2.23. The van der Waals surface area contributed by atoms with Gasteiger partial charge in [-0.3, -0.25) is 4.79 Å². The minimum Gasteiger partial charge on any atom is -0.370 e. The van der Waals surface area contributed by atoms with Crippen molar-refractivity contribution in [2.45, 2.75) is 32.3 Å². The topological polar surface area (TPSA) is 38.3 Å². The third-order valence-electron chi connectivity index (χ3n) is 3.72. The highest BCUT2D eigenvalue weighted by Gasteiger charge is 2.40. The standard InChI is InChI=1S/C19H19F4NO2/c1-2-14-7-3-4-9-16(14)24-17(25)15-8-5-6-13(10-15)11-26-12-19(22,23)18(20)21/h3-10,18H,2,11-12H2,1H3,(H,24,25). The molecule has 0 fully saturated rings. The van der Waals surface area contributed by atoms with E-state index in [0.29, 0.717) is 16.8 Å². The number of carbonyl (C=O) groups is 1. The predicted molar refractivity (Wildman–Crippen MR) is 90.8 cm³/mol. The van der Waals surface area contributed by atoms with Gasteiger partial charge in [0, 0.05) is 11.3 Å². The van der Waals surface area contributed by atoms with Crippen LogP contribution in [-0.4, -0.2) is 24.9 Å². The predicted octanol–water partition coefficient (Wildman–Crippen LogP) is 4.92. The molecule has 2 aromatic rings. The molecule has 0 unspecified atom stereocenters. The van der Waals surface area contributed by atoms with E-state index in [9.17, 15) is 22.4 Å². The highest BCUT2D eigenvalue weighted by atomic mass is 19.3. The summed E-state index contributed by atoms with van der Waals surface area (Å²) in [7, 11) is 0. The molecule has 1 amide bonds. The lowest BCUT2D eigenvalue weighted by Crippen LogP contribution is -2.32. The minimum absolute atomic E-state index is 0.297. The van der Waals surface area contributed by atoms with Crippen LogP contribution in [0.2, 0.25) is 0 Å². The number of nitrogens with one attached hydrogen (secondary N) is 1. The number of ether oxygens (including phenoxy) is 1. The Morgan fingerprint density at radius 1 is 1.15 bits per heavy atom. The Balaban J connectivity index is 2.01. The van der Waals surface area contributed by atoms with Crippen LogP contribution in [-0.2, 0) is 17.8 Å². The van der Waals surface area contributed by atoms with E-state index >= 15 is 0 Å². The first kappa shape index (κ1) is 19.9. The van der Waals surface area contributed by atoms with Crippen LogP contribution < -0.4 is 5.32 Å². The molecule has 0 radical (unpaired) electrons. The molecule has 0 aliphatic rings. The fraction of sp³-hybridized carbons (Fsp3) is 0.316. The van der Waals surface area contributed by atoms with Crippen molar-refractivity contribution in [1.82, 2.24) is 0 Å². The van der Waals surface area contributed by atoms with E-state index in [1.54, 1.807) is 24.3 Å². The van der Waals surface area contributed by atoms with E-state index in [1.807, 2.05) is 25.1 Å². The number of para-hydroxylation sites is 1. The molecule has 3 nitrogen and oxygen atoms in total. The van der Waals surface area contributed by atoms with Crippen LogP contribution in [0.3, 0.4) is 0 Å². The van der Waals surface area contributed by atoms with Gasteiger partial charge in [-0.1, -0.05) is 37.3 Å². The first-order valence-electron chi connectivity index (χ1n) is 8.05. The molecule has 0 bridgehead atoms. The maximum Gasteiger partial charge on any atom is 0.330 e. The summed E-state index contributed by atoms with van der Waals surface area (Å²) >= 11 is 0. The van der Waals surface area contributed by atoms with Gasteiger partial charge in [0.25, 0.3) is 5.91 Å². The third-order valence-corrected chi connectivity index (χ3v) is 3.72. The highest BCUT2D eigenvalue weighted by molar-refractivity contribution is 6.04. The van der Waals surface area contributed by atoms with Gasteiger partial charge in [0.1, 0.15) is 6.61 Å². The molecular formula is C19H19F4NO2. The lowest BCUT2D eigenvalue weighted by Gasteiger charge is -2.15. The summed E-state index contributed by atoms with van der Waals surface area (Å²) < 4.78 is 54.5. The quantitative estimate of drug-likeness (QED) is 0.671. The van der Waals surface area contributed by atoms with Crippen LogP contribution in [0, 0.1) is 0 Å². The Bertz CT molecular complexity index is 750. The Labute approximate surface area is 149 Å². The summed E-state index contributed by atoms with van der Waals surface area (Å²) in [6.07, 6.45) is -3.03. The molecular weight excluding hydrogens is 350 g/mol. The number of rotatable bonds is 8. The normalized spacial score (nSPS) is 11.6. The van der Waals surface area contributed by atoms with E-state index in [2.05, 4.69) is 10.1 Å². The van der Waals surface area contributed by atoms with E-state index in [0.717, 1.165) is 12.0 Å². The number of alkyl halides is 4. The summed E-state index contributed by atoms with van der Waals surface area (Å²) in [5.41, 5.74) is 2.43. The molecule has 2 rings (SSSR count). The van der Waals surface area contributed by atoms with Crippen LogP contribution in [0.15, 0.2) is 48.5 Å². The monoisotopic (exact) mass is 369 g/mol. The summed E-state index contributed by atoms with van der Waals surface area (Å²) in [6.45, 7) is 0.290. The van der Waals surface area contributed by atoms with Gasteiger partial charge < -0.3 is 10.1 Å². The molecule has 0 atom stereocenters. The number of hydrogen-bond donors (Lipinski definition) is 1. The zero-order chi connectivity index (χ0) is 19.2. The van der Waals surface area contributed by atoms with E-state index in [-0.39, 0.29) is 12.5 Å². The molecule has 2 aromatic carbocycles. The van der Waals surface area contributed by atoms with Gasteiger partial charge in [-0.15, -0.1) is 0 Å². The number of amides is 1. The summed E-state index contributed by atoms with van der Waals surface area (Å²) in [5, 5.41) is 2.80. The zero-order valence-corrected chi connectivity index (χ0v) is 14.1. The summed E-state index contributed by atoms with van der Waals surface area (Å²) in [6, 6.07) is 13.6. The van der Waals surface area contributed by atoms with Crippen LogP contribution in [0.4, 0.5) is 23.2 Å². The molecule has 140 valence electrons. The second-order valence-corrected chi connectivity index (χ2v) is 5.72. The van der Waals surface area contributed by atoms with Crippen molar-refractivity contribution in [3.63, 3.8) is 0 Å². The molecule has 7 heteroatoms. The first-order valence-corrected chi connectivity index (χ1v) is 8.05. The van der Waals surface area contributed by atoms with Crippen LogP contribution in [0.1, 0.15) is 28.4 Å². The molecule has 0 heterocycles. The van der Waals surface area contributed by atoms with Gasteiger partial charge in [-0.25, -0.2) is 8.78 Å². The molecule has 0 saturated carbocycles. The minimum atomic E-state index is -4.20. The van der Waals surface area contributed by atoms with Crippen molar-refractivity contribution in [2.75, 3.05) is 11.9 Å². The fourth-order valence-corrected chi connectivity index (χ4v) is 2.32. The zero-order valence-electron chi connectivity index (χ0n) is 14.1. The van der Waals surface area contributed by atoms with Gasteiger partial charge in [-0.2, -0.15) is 8.78 Å². The average molecular weight is 369 g/mol. The van der Waals surface area contributed by atoms with Gasteiger partial charge in [0.2, 0.25) is 0 Å². The number of anilines is 1. The lowest BCUT2D eigenvalue weighted by molar-refractivity contribution is -0.168. The molecule has 0 aliphatic carbocycles. The molecule has 0 spiro atoms. The molecule has 0 aliphatic heterocycles. The van der Waals surface area contributed by atoms with E-state index < -0.39 is 19.0 Å². The van der Waals surface area contributed by atoms with Crippen molar-refractivity contribution in [1.29, 1.82) is 0 Å². The van der Waals surface area contributed by atoms with Crippen molar-refractivity contribution in [3.05, 3.63) is 65.2 Å². The van der Waals surface area contributed by atoms with Crippen molar-refractivity contribution in [3.8, 4) is 0 Å². The second kappa shape index (κ2) is 8.80. The van der Waals surface area contributed by atoms with Crippen molar-refractivity contribution >= 4 is 11.6 Å². The number of carbonyl (C=O) groups excluding carboxylic acids is 1. The molecule has 0 saturated heterocycles. The van der Waals surface area contributed by atoms with Gasteiger partial charge in [0.15, 0.2) is 0 Å². The SMILES string of the molecule is CCc1ccccc1NC(=O)c1cccc(COCC(F)(F)C(F)F)c1. The number of benzene rings is 2. The molecule has 26 heavy (non-hydrogen) atoms. The smallest absolute Gasteiger partial charge is 0.330 e. The van der Waals surface area contributed by atoms with Gasteiger partial charge in [-0.05, 0) is 35.7 Å². The largest absolute Gasteiger partial charge is 0.370 e. The van der Waals surface area contributed by atoms with Crippen molar-refractivity contribution in [2.24, 2.45) is 0 Å². The average Bonchev–Trinajstić information content (AvgIpc) is 2.62.